The summed E-state index contributed by atoms with van der Waals surface area (Å²) in [7, 11) is 0. The Hall–Kier alpha value is -1.84. The molecule has 0 amide bonds. The number of nitrogens with one attached hydrogen (secondary N) is 1. The minimum atomic E-state index is 0.0196. The number of hydrogen-bond acceptors (Lipinski definition) is 3. The fraction of sp³-hybridized carbons (Fsp3) is 0.200. The van der Waals surface area contributed by atoms with E-state index in [9.17, 15) is 4.79 Å². The van der Waals surface area contributed by atoms with Gasteiger partial charge in [0.05, 0.1) is 18.2 Å². The van der Waals surface area contributed by atoms with Crippen molar-refractivity contribution in [3.8, 4) is 0 Å². The van der Waals surface area contributed by atoms with Crippen LogP contribution in [0.5, 0.6) is 0 Å². The van der Waals surface area contributed by atoms with Gasteiger partial charge in [-0.15, -0.1) is 0 Å². The van der Waals surface area contributed by atoms with Crippen LogP contribution in [0.1, 0.15) is 21.9 Å². The molecule has 72 valence electrons. The Balaban J connectivity index is 2.14. The van der Waals surface area contributed by atoms with Gasteiger partial charge in [0.1, 0.15) is 11.6 Å². The number of imidazole rings is 1. The van der Waals surface area contributed by atoms with Gasteiger partial charge in [-0.25, -0.2) is 4.98 Å². The van der Waals surface area contributed by atoms with Crippen molar-refractivity contribution < 1.29 is 9.21 Å². The molecule has 0 aliphatic rings. The number of H-pyrrole nitrogens is 1. The number of carbonyl (C=O) groups is 1. The van der Waals surface area contributed by atoms with E-state index in [-0.39, 0.29) is 12.2 Å². The number of rotatable bonds is 3. The lowest BCUT2D eigenvalue weighted by Gasteiger charge is -1.95. The fourth-order valence-electron chi connectivity index (χ4n) is 1.32. The molecule has 0 bridgehead atoms. The van der Waals surface area contributed by atoms with Crippen molar-refractivity contribution in [2.45, 2.75) is 13.3 Å². The zero-order valence-corrected chi connectivity index (χ0v) is 7.78. The summed E-state index contributed by atoms with van der Waals surface area (Å²) in [6, 6.07) is 1.68. The van der Waals surface area contributed by atoms with E-state index in [2.05, 4.69) is 9.97 Å². The topological polar surface area (TPSA) is 58.9 Å². The smallest absolute Gasteiger partial charge is 0.173 e. The molecule has 0 aliphatic carbocycles. The average Bonchev–Trinajstić information content (AvgIpc) is 2.75. The van der Waals surface area contributed by atoms with Gasteiger partial charge in [-0.05, 0) is 13.0 Å². The second-order valence-electron chi connectivity index (χ2n) is 3.03. The summed E-state index contributed by atoms with van der Waals surface area (Å²) < 4.78 is 5.05. The molecule has 0 atom stereocenters. The third-order valence-corrected chi connectivity index (χ3v) is 2.04. The van der Waals surface area contributed by atoms with Gasteiger partial charge in [-0.2, -0.15) is 0 Å². The monoisotopic (exact) mass is 190 g/mol. The first-order valence-electron chi connectivity index (χ1n) is 4.33. The van der Waals surface area contributed by atoms with Crippen molar-refractivity contribution in [2.24, 2.45) is 0 Å². The SMILES string of the molecule is Cc1occc1C(=O)Cc1ncc[nH]1. The minimum absolute atomic E-state index is 0.0196. The Morgan fingerprint density at radius 1 is 1.64 bits per heavy atom. The number of carbonyl (C=O) groups excluding carboxylic acids is 1. The summed E-state index contributed by atoms with van der Waals surface area (Å²) in [4.78, 5) is 18.5. The van der Waals surface area contributed by atoms with Crippen molar-refractivity contribution in [1.82, 2.24) is 9.97 Å². The highest BCUT2D eigenvalue weighted by molar-refractivity contribution is 5.97. The van der Waals surface area contributed by atoms with Crippen LogP contribution in [0.2, 0.25) is 0 Å². The van der Waals surface area contributed by atoms with Crippen molar-refractivity contribution in [3.63, 3.8) is 0 Å². The van der Waals surface area contributed by atoms with E-state index >= 15 is 0 Å². The molecule has 0 saturated carbocycles. The normalized spacial score (nSPS) is 10.4. The summed E-state index contributed by atoms with van der Waals surface area (Å²) in [5.74, 6) is 1.35. The lowest BCUT2D eigenvalue weighted by atomic mass is 10.1. The van der Waals surface area contributed by atoms with E-state index in [4.69, 9.17) is 4.42 Å². The van der Waals surface area contributed by atoms with Crippen molar-refractivity contribution >= 4 is 5.78 Å². The molecular formula is C10H10N2O2. The van der Waals surface area contributed by atoms with Gasteiger partial charge in [0, 0.05) is 12.4 Å². The molecule has 4 heteroatoms. The van der Waals surface area contributed by atoms with Crippen molar-refractivity contribution in [3.05, 3.63) is 41.9 Å². The Kier molecular flexibility index (Phi) is 2.18. The highest BCUT2D eigenvalue weighted by Crippen LogP contribution is 2.11. The maximum Gasteiger partial charge on any atom is 0.173 e. The van der Waals surface area contributed by atoms with E-state index in [1.165, 1.54) is 6.26 Å². The van der Waals surface area contributed by atoms with Crippen LogP contribution in [0.4, 0.5) is 0 Å². The van der Waals surface area contributed by atoms with Gasteiger partial charge in [-0.3, -0.25) is 4.79 Å². The van der Waals surface area contributed by atoms with Gasteiger partial charge >= 0.3 is 0 Å². The summed E-state index contributed by atoms with van der Waals surface area (Å²) >= 11 is 0. The number of hydrogen-bond donors (Lipinski definition) is 1. The van der Waals surface area contributed by atoms with Crippen LogP contribution >= 0.6 is 0 Å². The van der Waals surface area contributed by atoms with Crippen molar-refractivity contribution in [1.29, 1.82) is 0 Å². The average molecular weight is 190 g/mol. The highest BCUT2D eigenvalue weighted by Gasteiger charge is 2.12. The molecule has 1 N–H and O–H groups in total. The van der Waals surface area contributed by atoms with Gasteiger partial charge in [0.2, 0.25) is 0 Å². The van der Waals surface area contributed by atoms with Gasteiger partial charge in [0.25, 0.3) is 0 Å². The number of furan rings is 1. The Morgan fingerprint density at radius 2 is 2.50 bits per heavy atom. The first-order valence-corrected chi connectivity index (χ1v) is 4.33. The third-order valence-electron chi connectivity index (χ3n) is 2.04. The molecule has 2 rings (SSSR count). The predicted molar refractivity (Wildman–Crippen MR) is 50.1 cm³/mol. The van der Waals surface area contributed by atoms with Crippen molar-refractivity contribution in [2.75, 3.05) is 0 Å². The van der Waals surface area contributed by atoms with Gasteiger partial charge < -0.3 is 9.40 Å². The zero-order chi connectivity index (χ0) is 9.97. The lowest BCUT2D eigenvalue weighted by Crippen LogP contribution is -2.04. The summed E-state index contributed by atoms with van der Waals surface area (Å²) in [6.07, 6.45) is 5.13. The summed E-state index contributed by atoms with van der Waals surface area (Å²) in [6.45, 7) is 1.77. The van der Waals surface area contributed by atoms with Crippen LogP contribution in [0, 0.1) is 6.92 Å². The number of aromatic amines is 1. The molecular weight excluding hydrogens is 180 g/mol. The van der Waals surface area contributed by atoms with Crippen LogP contribution in [0.3, 0.4) is 0 Å². The Labute approximate surface area is 81.0 Å². The Bertz CT molecular complexity index is 429. The molecule has 0 unspecified atom stereocenters. The molecule has 0 saturated heterocycles. The third kappa shape index (κ3) is 1.59. The number of nitrogens with zero attached hydrogens (tertiary/aromatic N) is 1. The largest absolute Gasteiger partial charge is 0.469 e. The van der Waals surface area contributed by atoms with Crippen LogP contribution in [0.25, 0.3) is 0 Å². The zero-order valence-electron chi connectivity index (χ0n) is 7.78. The molecule has 0 aliphatic heterocycles. The van der Waals surface area contributed by atoms with E-state index < -0.39 is 0 Å². The molecule has 2 heterocycles. The first kappa shape index (κ1) is 8.74. The minimum Gasteiger partial charge on any atom is -0.469 e. The number of ketones is 1. The molecule has 0 spiro atoms. The summed E-state index contributed by atoms with van der Waals surface area (Å²) in [5.41, 5.74) is 0.626. The second kappa shape index (κ2) is 3.49. The molecule has 2 aromatic heterocycles. The molecule has 0 radical (unpaired) electrons. The molecule has 14 heavy (non-hydrogen) atoms. The maximum absolute atomic E-state index is 11.7. The number of aryl methyl sites for hydroxylation is 1. The van der Waals surface area contributed by atoms with Crippen LogP contribution < -0.4 is 0 Å². The second-order valence-corrected chi connectivity index (χ2v) is 3.03. The molecule has 0 aromatic carbocycles. The molecule has 4 nitrogen and oxygen atoms in total. The molecule has 0 fully saturated rings. The van der Waals surface area contributed by atoms with E-state index in [0.717, 1.165) is 0 Å². The lowest BCUT2D eigenvalue weighted by molar-refractivity contribution is 0.0989. The standard InChI is InChI=1S/C10H10N2O2/c1-7-8(2-5-14-7)9(13)6-10-11-3-4-12-10/h2-5H,6H2,1H3,(H,11,12). The maximum atomic E-state index is 11.7. The van der Waals surface area contributed by atoms with E-state index in [1.807, 2.05) is 0 Å². The quantitative estimate of drug-likeness (QED) is 0.750. The van der Waals surface area contributed by atoms with Crippen LogP contribution in [0.15, 0.2) is 29.1 Å². The van der Waals surface area contributed by atoms with E-state index in [0.29, 0.717) is 17.1 Å². The highest BCUT2D eigenvalue weighted by atomic mass is 16.3. The summed E-state index contributed by atoms with van der Waals surface area (Å²) in [5, 5.41) is 0. The van der Waals surface area contributed by atoms with Gasteiger partial charge in [0.15, 0.2) is 5.78 Å². The van der Waals surface area contributed by atoms with Crippen LogP contribution in [-0.4, -0.2) is 15.8 Å². The molecule has 2 aromatic rings. The van der Waals surface area contributed by atoms with E-state index in [1.54, 1.807) is 25.4 Å². The van der Waals surface area contributed by atoms with Gasteiger partial charge in [-0.1, -0.05) is 0 Å². The fourth-order valence-corrected chi connectivity index (χ4v) is 1.32. The first-order chi connectivity index (χ1) is 6.77. The number of aromatic nitrogens is 2. The predicted octanol–water partition coefficient (Wildman–Crippen LogP) is 1.74. The Morgan fingerprint density at radius 3 is 3.07 bits per heavy atom. The van der Waals surface area contributed by atoms with Crippen LogP contribution in [-0.2, 0) is 6.42 Å². The number of Topliss-reactive ketones (excluding diaryl/α,β-unsaturated/α-hetero) is 1.